The molecule has 0 radical (unpaired) electrons. The van der Waals surface area contributed by atoms with Gasteiger partial charge in [-0.2, -0.15) is 0 Å². The van der Waals surface area contributed by atoms with E-state index >= 15 is 0 Å². The lowest BCUT2D eigenvalue weighted by Gasteiger charge is -2.11. The smallest absolute Gasteiger partial charge is 0.186 e. The molecule has 1 unspecified atom stereocenters. The zero-order chi connectivity index (χ0) is 11.3. The van der Waals surface area contributed by atoms with Crippen LogP contribution in [-0.2, 0) is 11.1 Å². The Hall–Kier alpha value is -1.07. The van der Waals surface area contributed by atoms with Gasteiger partial charge in [-0.05, 0) is 26.0 Å². The SMILES string of the molecule is CCOc1ccc(S(=O)O)cc1OCC. The van der Waals surface area contributed by atoms with Crippen molar-refractivity contribution < 1.29 is 18.2 Å². The van der Waals surface area contributed by atoms with Gasteiger partial charge < -0.3 is 14.0 Å². The molecule has 0 aliphatic heterocycles. The molecule has 0 fully saturated rings. The minimum absolute atomic E-state index is 0.307. The van der Waals surface area contributed by atoms with E-state index < -0.39 is 11.1 Å². The Labute approximate surface area is 91.5 Å². The summed E-state index contributed by atoms with van der Waals surface area (Å²) in [5, 5.41) is 0. The Balaban J connectivity index is 3.02. The van der Waals surface area contributed by atoms with Crippen LogP contribution < -0.4 is 9.47 Å². The quantitative estimate of drug-likeness (QED) is 0.787. The highest BCUT2D eigenvalue weighted by Gasteiger charge is 2.08. The Kier molecular flexibility index (Phi) is 4.58. The first-order valence-corrected chi connectivity index (χ1v) is 5.80. The van der Waals surface area contributed by atoms with Gasteiger partial charge in [-0.15, -0.1) is 0 Å². The maximum absolute atomic E-state index is 10.8. The van der Waals surface area contributed by atoms with Crippen LogP contribution in [0.2, 0.25) is 0 Å². The van der Waals surface area contributed by atoms with Gasteiger partial charge in [-0.3, -0.25) is 0 Å². The van der Waals surface area contributed by atoms with Gasteiger partial charge in [-0.1, -0.05) is 0 Å². The highest BCUT2D eigenvalue weighted by molar-refractivity contribution is 7.79. The van der Waals surface area contributed by atoms with Crippen LogP contribution in [0.15, 0.2) is 23.1 Å². The van der Waals surface area contributed by atoms with Crippen LogP contribution in [0.3, 0.4) is 0 Å². The third-order valence-electron chi connectivity index (χ3n) is 1.72. The molecule has 0 aromatic heterocycles. The van der Waals surface area contributed by atoms with Crippen LogP contribution in [0.1, 0.15) is 13.8 Å². The predicted octanol–water partition coefficient (Wildman–Crippen LogP) is 2.06. The summed E-state index contributed by atoms with van der Waals surface area (Å²) >= 11 is -1.99. The molecule has 0 saturated carbocycles. The van der Waals surface area contributed by atoms with E-state index in [-0.39, 0.29) is 0 Å². The lowest BCUT2D eigenvalue weighted by molar-refractivity contribution is 0.287. The Morgan fingerprint density at radius 3 is 2.33 bits per heavy atom. The molecule has 0 aliphatic carbocycles. The predicted molar refractivity (Wildman–Crippen MR) is 57.8 cm³/mol. The fraction of sp³-hybridized carbons (Fsp3) is 0.400. The Bertz CT molecular complexity index is 351. The van der Waals surface area contributed by atoms with Crippen molar-refractivity contribution in [2.45, 2.75) is 18.7 Å². The fourth-order valence-electron chi connectivity index (χ4n) is 1.14. The van der Waals surface area contributed by atoms with Gasteiger partial charge in [-0.25, -0.2) is 4.21 Å². The van der Waals surface area contributed by atoms with E-state index in [1.54, 1.807) is 12.1 Å². The number of benzene rings is 1. The van der Waals surface area contributed by atoms with Crippen molar-refractivity contribution in [2.24, 2.45) is 0 Å². The molecule has 0 amide bonds. The molecule has 4 nitrogen and oxygen atoms in total. The summed E-state index contributed by atoms with van der Waals surface area (Å²) in [6, 6.07) is 4.70. The van der Waals surface area contributed by atoms with E-state index in [0.29, 0.717) is 29.6 Å². The van der Waals surface area contributed by atoms with E-state index in [2.05, 4.69) is 0 Å². The second-order valence-corrected chi connectivity index (χ2v) is 3.69. The van der Waals surface area contributed by atoms with Crippen LogP contribution in [0.25, 0.3) is 0 Å². The first-order valence-electron chi connectivity index (χ1n) is 4.69. The summed E-state index contributed by atoms with van der Waals surface area (Å²) in [5.74, 6) is 1.09. The second-order valence-electron chi connectivity index (χ2n) is 2.72. The van der Waals surface area contributed by atoms with Gasteiger partial charge in [0.05, 0.1) is 18.1 Å². The molecule has 1 rings (SSSR count). The van der Waals surface area contributed by atoms with Crippen LogP contribution in [0.5, 0.6) is 11.5 Å². The average molecular weight is 230 g/mol. The summed E-state index contributed by atoms with van der Waals surface area (Å²) in [6.07, 6.45) is 0. The number of hydrogen-bond acceptors (Lipinski definition) is 3. The van der Waals surface area contributed by atoms with Crippen LogP contribution in [0, 0.1) is 0 Å². The Morgan fingerprint density at radius 1 is 1.20 bits per heavy atom. The lowest BCUT2D eigenvalue weighted by atomic mass is 10.3. The third-order valence-corrected chi connectivity index (χ3v) is 2.37. The highest BCUT2D eigenvalue weighted by atomic mass is 32.2. The first kappa shape index (κ1) is 12.0. The van der Waals surface area contributed by atoms with E-state index in [9.17, 15) is 4.21 Å². The van der Waals surface area contributed by atoms with Gasteiger partial charge in [0, 0.05) is 6.07 Å². The standard InChI is InChI=1S/C10H14O4S/c1-3-13-9-6-5-8(15(11)12)7-10(9)14-4-2/h5-7H,3-4H2,1-2H3,(H,11,12). The van der Waals surface area contributed by atoms with Crippen molar-refractivity contribution in [1.29, 1.82) is 0 Å². The molecule has 15 heavy (non-hydrogen) atoms. The van der Waals surface area contributed by atoms with Gasteiger partial charge in [0.2, 0.25) is 0 Å². The molecule has 1 atom stereocenters. The van der Waals surface area contributed by atoms with Crippen LogP contribution >= 0.6 is 0 Å². The summed E-state index contributed by atoms with van der Waals surface area (Å²) in [4.78, 5) is 0.307. The molecule has 0 aliphatic rings. The van der Waals surface area contributed by atoms with E-state index in [0.717, 1.165) is 0 Å². The van der Waals surface area contributed by atoms with Crippen molar-refractivity contribution in [3.63, 3.8) is 0 Å². The highest BCUT2D eigenvalue weighted by Crippen LogP contribution is 2.29. The van der Waals surface area contributed by atoms with Gasteiger partial charge in [0.25, 0.3) is 0 Å². The van der Waals surface area contributed by atoms with Crippen molar-refractivity contribution >= 4 is 11.1 Å². The lowest BCUT2D eigenvalue weighted by Crippen LogP contribution is -1.99. The molecule has 1 N–H and O–H groups in total. The largest absolute Gasteiger partial charge is 0.490 e. The molecule has 1 aromatic rings. The molecule has 0 bridgehead atoms. The minimum Gasteiger partial charge on any atom is -0.490 e. The normalized spacial score (nSPS) is 12.2. The Morgan fingerprint density at radius 2 is 1.80 bits per heavy atom. The van der Waals surface area contributed by atoms with Gasteiger partial charge >= 0.3 is 0 Å². The number of ether oxygens (including phenoxy) is 2. The summed E-state index contributed by atoms with van der Waals surface area (Å²) in [7, 11) is 0. The average Bonchev–Trinajstić information content (AvgIpc) is 2.21. The van der Waals surface area contributed by atoms with E-state index in [1.165, 1.54) is 6.07 Å². The molecular weight excluding hydrogens is 216 g/mol. The number of hydrogen-bond donors (Lipinski definition) is 1. The zero-order valence-electron chi connectivity index (χ0n) is 8.73. The molecule has 0 saturated heterocycles. The second kappa shape index (κ2) is 5.72. The first-order chi connectivity index (χ1) is 7.19. The fourth-order valence-corrected chi connectivity index (χ4v) is 1.53. The van der Waals surface area contributed by atoms with E-state index in [1.807, 2.05) is 13.8 Å². The molecule has 5 heteroatoms. The van der Waals surface area contributed by atoms with Gasteiger partial charge in [0.1, 0.15) is 0 Å². The van der Waals surface area contributed by atoms with Crippen LogP contribution in [-0.4, -0.2) is 22.0 Å². The molecule has 0 spiro atoms. The maximum Gasteiger partial charge on any atom is 0.186 e. The van der Waals surface area contributed by atoms with E-state index in [4.69, 9.17) is 14.0 Å². The van der Waals surface area contributed by atoms with Crippen molar-refractivity contribution in [1.82, 2.24) is 0 Å². The maximum atomic E-state index is 10.8. The van der Waals surface area contributed by atoms with Crippen molar-refractivity contribution in [3.8, 4) is 11.5 Å². The number of rotatable bonds is 5. The monoisotopic (exact) mass is 230 g/mol. The van der Waals surface area contributed by atoms with Crippen LogP contribution in [0.4, 0.5) is 0 Å². The van der Waals surface area contributed by atoms with Gasteiger partial charge in [0.15, 0.2) is 22.6 Å². The summed E-state index contributed by atoms with van der Waals surface area (Å²) in [5.41, 5.74) is 0. The molecule has 1 aromatic carbocycles. The third kappa shape index (κ3) is 3.21. The summed E-state index contributed by atoms with van der Waals surface area (Å²) in [6.45, 7) is 4.73. The molecule has 84 valence electrons. The topological polar surface area (TPSA) is 55.8 Å². The molecule has 0 heterocycles. The zero-order valence-corrected chi connectivity index (χ0v) is 9.54. The molecular formula is C10H14O4S. The summed E-state index contributed by atoms with van der Waals surface area (Å²) < 4.78 is 30.4. The van der Waals surface area contributed by atoms with Crippen molar-refractivity contribution in [3.05, 3.63) is 18.2 Å². The van der Waals surface area contributed by atoms with Crippen molar-refractivity contribution in [2.75, 3.05) is 13.2 Å². The minimum atomic E-state index is -1.99.